The van der Waals surface area contributed by atoms with Gasteiger partial charge in [-0.2, -0.15) is 0 Å². The van der Waals surface area contributed by atoms with E-state index in [1.54, 1.807) is 0 Å². The van der Waals surface area contributed by atoms with Gasteiger partial charge in [-0.15, -0.1) is 0 Å². The third-order valence-electron chi connectivity index (χ3n) is 2.63. The monoisotopic (exact) mass is 162 g/mol. The van der Waals surface area contributed by atoms with Gasteiger partial charge in [-0.1, -0.05) is 6.07 Å². The third kappa shape index (κ3) is 1.34. The molecule has 2 rings (SSSR count). The van der Waals surface area contributed by atoms with Crippen LogP contribution in [0.1, 0.15) is 24.8 Å². The molecule has 2 N–H and O–H groups in total. The normalized spacial score (nSPS) is 29.8. The molecule has 1 aromatic rings. The zero-order chi connectivity index (χ0) is 8.55. The first-order chi connectivity index (χ1) is 5.79. The van der Waals surface area contributed by atoms with Crippen molar-refractivity contribution in [3.05, 3.63) is 30.1 Å². The lowest BCUT2D eigenvalue weighted by molar-refractivity contribution is 0.631. The van der Waals surface area contributed by atoms with E-state index >= 15 is 0 Å². The molecule has 0 saturated heterocycles. The van der Waals surface area contributed by atoms with Gasteiger partial charge in [0.1, 0.15) is 0 Å². The molecular formula is C10H14N2. The van der Waals surface area contributed by atoms with Gasteiger partial charge < -0.3 is 5.73 Å². The quantitative estimate of drug-likeness (QED) is 0.716. The average molecular weight is 162 g/mol. The van der Waals surface area contributed by atoms with E-state index in [-0.39, 0.29) is 0 Å². The Bertz CT molecular complexity index is 256. The van der Waals surface area contributed by atoms with Crippen LogP contribution in [0.15, 0.2) is 24.5 Å². The lowest BCUT2D eigenvalue weighted by Crippen LogP contribution is -2.17. The number of hydrogen-bond donors (Lipinski definition) is 1. The zero-order valence-corrected chi connectivity index (χ0v) is 7.27. The van der Waals surface area contributed by atoms with E-state index in [1.807, 2.05) is 18.5 Å². The molecule has 0 spiro atoms. The van der Waals surface area contributed by atoms with Crippen molar-refractivity contribution in [3.63, 3.8) is 0 Å². The number of nitrogens with two attached hydrogens (primary N) is 1. The fraction of sp³-hybridized carbons (Fsp3) is 0.500. The molecule has 0 bridgehead atoms. The Morgan fingerprint density at radius 2 is 2.50 bits per heavy atom. The maximum absolute atomic E-state index is 5.81. The SMILES string of the molecule is C[C@@H](N)[C@@H]1C[C@@H]1c1cccnc1. The van der Waals surface area contributed by atoms with Crippen LogP contribution in [0.4, 0.5) is 0 Å². The van der Waals surface area contributed by atoms with Gasteiger partial charge in [-0.05, 0) is 36.8 Å². The second kappa shape index (κ2) is 2.87. The Balaban J connectivity index is 2.06. The van der Waals surface area contributed by atoms with Gasteiger partial charge in [0.15, 0.2) is 0 Å². The van der Waals surface area contributed by atoms with Gasteiger partial charge in [0, 0.05) is 18.4 Å². The molecule has 64 valence electrons. The van der Waals surface area contributed by atoms with Crippen molar-refractivity contribution in [2.75, 3.05) is 0 Å². The Morgan fingerprint density at radius 1 is 1.67 bits per heavy atom. The van der Waals surface area contributed by atoms with Crippen molar-refractivity contribution in [2.24, 2.45) is 11.7 Å². The van der Waals surface area contributed by atoms with Crippen LogP contribution in [0.25, 0.3) is 0 Å². The summed E-state index contributed by atoms with van der Waals surface area (Å²) in [5.74, 6) is 1.37. The van der Waals surface area contributed by atoms with Crippen LogP contribution >= 0.6 is 0 Å². The highest BCUT2D eigenvalue weighted by molar-refractivity contribution is 5.23. The van der Waals surface area contributed by atoms with Crippen molar-refractivity contribution in [2.45, 2.75) is 25.3 Å². The zero-order valence-electron chi connectivity index (χ0n) is 7.27. The Morgan fingerprint density at radius 3 is 3.00 bits per heavy atom. The molecule has 12 heavy (non-hydrogen) atoms. The highest BCUT2D eigenvalue weighted by Gasteiger charge is 2.40. The summed E-state index contributed by atoms with van der Waals surface area (Å²) in [4.78, 5) is 4.10. The molecule has 0 unspecified atom stereocenters. The van der Waals surface area contributed by atoms with Crippen molar-refractivity contribution < 1.29 is 0 Å². The number of pyridine rings is 1. The summed E-state index contributed by atoms with van der Waals surface area (Å²) in [6.45, 7) is 2.08. The largest absolute Gasteiger partial charge is 0.328 e. The Labute approximate surface area is 72.8 Å². The summed E-state index contributed by atoms with van der Waals surface area (Å²) in [5.41, 5.74) is 7.15. The predicted octanol–water partition coefficient (Wildman–Crippen LogP) is 1.53. The summed E-state index contributed by atoms with van der Waals surface area (Å²) in [7, 11) is 0. The molecule has 0 amide bonds. The number of nitrogens with zero attached hydrogens (tertiary/aromatic N) is 1. The highest BCUT2D eigenvalue weighted by atomic mass is 14.7. The Kier molecular flexibility index (Phi) is 1.85. The molecule has 1 aliphatic rings. The number of rotatable bonds is 2. The van der Waals surface area contributed by atoms with Gasteiger partial charge in [-0.3, -0.25) is 4.98 Å². The fourth-order valence-corrected chi connectivity index (χ4v) is 1.77. The summed E-state index contributed by atoms with van der Waals surface area (Å²) >= 11 is 0. The van der Waals surface area contributed by atoms with Crippen LogP contribution in [0.3, 0.4) is 0 Å². The van der Waals surface area contributed by atoms with E-state index in [2.05, 4.69) is 18.0 Å². The Hall–Kier alpha value is -0.890. The number of aromatic nitrogens is 1. The van der Waals surface area contributed by atoms with E-state index in [4.69, 9.17) is 5.73 Å². The first-order valence-electron chi connectivity index (χ1n) is 4.44. The van der Waals surface area contributed by atoms with Crippen LogP contribution < -0.4 is 5.73 Å². The van der Waals surface area contributed by atoms with Gasteiger partial charge in [0.2, 0.25) is 0 Å². The molecule has 1 fully saturated rings. The van der Waals surface area contributed by atoms with E-state index in [9.17, 15) is 0 Å². The smallest absolute Gasteiger partial charge is 0.0302 e. The average Bonchev–Trinajstić information content (AvgIpc) is 2.84. The van der Waals surface area contributed by atoms with Crippen LogP contribution in [-0.4, -0.2) is 11.0 Å². The van der Waals surface area contributed by atoms with Crippen LogP contribution in [0.5, 0.6) is 0 Å². The summed E-state index contributed by atoms with van der Waals surface area (Å²) in [5, 5.41) is 0. The maximum Gasteiger partial charge on any atom is 0.0302 e. The predicted molar refractivity (Wildman–Crippen MR) is 48.7 cm³/mol. The molecule has 0 aromatic carbocycles. The highest BCUT2D eigenvalue weighted by Crippen LogP contribution is 2.48. The van der Waals surface area contributed by atoms with Gasteiger partial charge >= 0.3 is 0 Å². The standard InChI is InChI=1S/C10H14N2/c1-7(11)9-5-10(9)8-3-2-4-12-6-8/h2-4,6-7,9-10H,5,11H2,1H3/t7-,9+,10-/m1/s1. The maximum atomic E-state index is 5.81. The minimum atomic E-state index is 0.329. The molecule has 0 aliphatic heterocycles. The molecule has 1 saturated carbocycles. The first-order valence-corrected chi connectivity index (χ1v) is 4.44. The van der Waals surface area contributed by atoms with Crippen LogP contribution in [0, 0.1) is 5.92 Å². The van der Waals surface area contributed by atoms with Crippen molar-refractivity contribution in [1.82, 2.24) is 4.98 Å². The minimum Gasteiger partial charge on any atom is -0.328 e. The minimum absolute atomic E-state index is 0.329. The van der Waals surface area contributed by atoms with E-state index < -0.39 is 0 Å². The molecule has 1 heterocycles. The molecule has 3 atom stereocenters. The van der Waals surface area contributed by atoms with Gasteiger partial charge in [0.25, 0.3) is 0 Å². The first kappa shape index (κ1) is 7.74. The summed E-state index contributed by atoms with van der Waals surface area (Å²) in [6.07, 6.45) is 5.00. The summed E-state index contributed by atoms with van der Waals surface area (Å²) in [6, 6.07) is 4.46. The molecule has 2 heteroatoms. The fourth-order valence-electron chi connectivity index (χ4n) is 1.77. The van der Waals surface area contributed by atoms with Crippen molar-refractivity contribution in [3.8, 4) is 0 Å². The van der Waals surface area contributed by atoms with Crippen molar-refractivity contribution in [1.29, 1.82) is 0 Å². The molecular weight excluding hydrogens is 148 g/mol. The lowest BCUT2D eigenvalue weighted by Gasteiger charge is -2.02. The lowest BCUT2D eigenvalue weighted by atomic mass is 10.1. The number of hydrogen-bond acceptors (Lipinski definition) is 2. The van der Waals surface area contributed by atoms with Gasteiger partial charge in [0.05, 0.1) is 0 Å². The second-order valence-corrected chi connectivity index (χ2v) is 3.65. The summed E-state index contributed by atoms with van der Waals surface area (Å²) < 4.78 is 0. The molecule has 0 radical (unpaired) electrons. The molecule has 2 nitrogen and oxygen atoms in total. The third-order valence-corrected chi connectivity index (χ3v) is 2.63. The van der Waals surface area contributed by atoms with Crippen LogP contribution in [-0.2, 0) is 0 Å². The van der Waals surface area contributed by atoms with Gasteiger partial charge in [-0.25, -0.2) is 0 Å². The molecule has 1 aromatic heterocycles. The topological polar surface area (TPSA) is 38.9 Å². The molecule has 1 aliphatic carbocycles. The van der Waals surface area contributed by atoms with E-state index in [1.165, 1.54) is 12.0 Å². The van der Waals surface area contributed by atoms with Crippen LogP contribution in [0.2, 0.25) is 0 Å². The van der Waals surface area contributed by atoms with Crippen molar-refractivity contribution >= 4 is 0 Å². The van der Waals surface area contributed by atoms with E-state index in [0.29, 0.717) is 17.9 Å². The van der Waals surface area contributed by atoms with E-state index in [0.717, 1.165) is 0 Å². The second-order valence-electron chi connectivity index (χ2n) is 3.65.